The number of nitrogens with one attached hydrogen (secondary N) is 2. The Labute approximate surface area is 155 Å². The molecular weight excluding hydrogens is 334 g/mol. The van der Waals surface area contributed by atoms with Crippen LogP contribution in [-0.2, 0) is 0 Å². The van der Waals surface area contributed by atoms with Crippen molar-refractivity contribution in [2.45, 2.75) is 0 Å². The Bertz CT molecular complexity index is 1250. The lowest BCUT2D eigenvalue weighted by atomic mass is 10.1. The number of hydrogen-bond acceptors (Lipinski definition) is 4. The summed E-state index contributed by atoms with van der Waals surface area (Å²) in [5, 5.41) is 4.57. The van der Waals surface area contributed by atoms with E-state index in [1.165, 1.54) is 0 Å². The van der Waals surface area contributed by atoms with Crippen molar-refractivity contribution in [1.82, 2.24) is 15.0 Å². The summed E-state index contributed by atoms with van der Waals surface area (Å²) in [5.74, 6) is 0.830. The molecule has 5 heteroatoms. The Kier molecular flexibility index (Phi) is 3.50. The van der Waals surface area contributed by atoms with Gasteiger partial charge in [0, 0.05) is 34.2 Å². The normalized spacial score (nSPS) is 11.1. The van der Waals surface area contributed by atoms with E-state index in [4.69, 9.17) is 5.73 Å². The molecule has 3 aromatic carbocycles. The minimum Gasteiger partial charge on any atom is -0.399 e. The van der Waals surface area contributed by atoms with Crippen molar-refractivity contribution in [3.05, 3.63) is 79.0 Å². The second-order valence-electron chi connectivity index (χ2n) is 6.44. The van der Waals surface area contributed by atoms with Gasteiger partial charge in [-0.2, -0.15) is 0 Å². The third kappa shape index (κ3) is 2.85. The molecule has 4 N–H and O–H groups in total. The van der Waals surface area contributed by atoms with Crippen molar-refractivity contribution < 1.29 is 0 Å². The number of H-pyrrole nitrogens is 1. The highest BCUT2D eigenvalue weighted by atomic mass is 14.9. The van der Waals surface area contributed by atoms with Crippen molar-refractivity contribution in [2.24, 2.45) is 0 Å². The zero-order valence-corrected chi connectivity index (χ0v) is 14.5. The Morgan fingerprint density at radius 2 is 1.70 bits per heavy atom. The van der Waals surface area contributed by atoms with E-state index in [0.29, 0.717) is 0 Å². The molecule has 0 saturated carbocycles. The number of pyridine rings is 1. The summed E-state index contributed by atoms with van der Waals surface area (Å²) in [4.78, 5) is 12.4. The fourth-order valence-electron chi connectivity index (χ4n) is 3.24. The van der Waals surface area contributed by atoms with Gasteiger partial charge in [0.1, 0.15) is 5.82 Å². The number of hydrogen-bond donors (Lipinski definition) is 3. The lowest BCUT2D eigenvalue weighted by molar-refractivity contribution is 1.33. The third-order valence-electron chi connectivity index (χ3n) is 4.59. The molecule has 5 aromatic rings. The van der Waals surface area contributed by atoms with E-state index in [2.05, 4.69) is 26.3 Å². The summed E-state index contributed by atoms with van der Waals surface area (Å²) < 4.78 is 0. The van der Waals surface area contributed by atoms with Crippen LogP contribution in [0.5, 0.6) is 0 Å². The van der Waals surface area contributed by atoms with Crippen molar-refractivity contribution >= 4 is 39.0 Å². The van der Waals surface area contributed by atoms with Gasteiger partial charge in [0.25, 0.3) is 0 Å². The minimum absolute atomic E-state index is 0.724. The molecule has 0 bridgehead atoms. The number of aromatic amines is 1. The molecule has 0 atom stereocenters. The average Bonchev–Trinajstić information content (AvgIpc) is 3.12. The van der Waals surface area contributed by atoms with Crippen LogP contribution in [0.2, 0.25) is 0 Å². The first-order chi connectivity index (χ1) is 13.3. The van der Waals surface area contributed by atoms with E-state index in [-0.39, 0.29) is 0 Å². The predicted molar refractivity (Wildman–Crippen MR) is 111 cm³/mol. The number of fused-ring (bicyclic) bond motifs is 2. The van der Waals surface area contributed by atoms with E-state index < -0.39 is 0 Å². The van der Waals surface area contributed by atoms with Gasteiger partial charge in [0.15, 0.2) is 0 Å². The number of aromatic nitrogens is 3. The highest BCUT2D eigenvalue weighted by Gasteiger charge is 2.06. The van der Waals surface area contributed by atoms with Crippen LogP contribution in [0.1, 0.15) is 0 Å². The predicted octanol–water partition coefficient (Wildman–Crippen LogP) is 5.10. The van der Waals surface area contributed by atoms with Crippen LogP contribution in [0.3, 0.4) is 0 Å². The molecule has 0 aliphatic rings. The standard InChI is InChI=1S/C22H17N5/c23-15-7-10-20-21(13-15)27-22(26-20)14-5-8-16(9-6-14)25-19-11-12-24-18-4-2-1-3-17(18)19/h1-13H,23H2,(H,24,25)(H,26,27). The molecule has 2 heterocycles. The second-order valence-corrected chi connectivity index (χ2v) is 6.44. The summed E-state index contributed by atoms with van der Waals surface area (Å²) in [6.07, 6.45) is 1.82. The lowest BCUT2D eigenvalue weighted by Gasteiger charge is -2.09. The van der Waals surface area contributed by atoms with Gasteiger partial charge in [0.2, 0.25) is 0 Å². The molecule has 5 nitrogen and oxygen atoms in total. The molecule has 130 valence electrons. The molecule has 0 amide bonds. The fraction of sp³-hybridized carbons (Fsp3) is 0. The van der Waals surface area contributed by atoms with Crippen LogP contribution >= 0.6 is 0 Å². The molecule has 0 saturated heterocycles. The Hall–Kier alpha value is -3.86. The number of nitrogens with zero attached hydrogens (tertiary/aromatic N) is 2. The monoisotopic (exact) mass is 351 g/mol. The van der Waals surface area contributed by atoms with Crippen molar-refractivity contribution in [2.75, 3.05) is 11.1 Å². The van der Waals surface area contributed by atoms with Crippen LogP contribution < -0.4 is 11.1 Å². The Balaban J connectivity index is 1.45. The van der Waals surface area contributed by atoms with Crippen LogP contribution in [0.15, 0.2) is 79.0 Å². The van der Waals surface area contributed by atoms with Gasteiger partial charge in [-0.05, 0) is 54.6 Å². The average molecular weight is 351 g/mol. The summed E-state index contributed by atoms with van der Waals surface area (Å²) >= 11 is 0. The van der Waals surface area contributed by atoms with Crippen LogP contribution in [0, 0.1) is 0 Å². The van der Waals surface area contributed by atoms with Crippen LogP contribution in [0.4, 0.5) is 17.1 Å². The van der Waals surface area contributed by atoms with Crippen molar-refractivity contribution in [3.63, 3.8) is 0 Å². The van der Waals surface area contributed by atoms with E-state index in [9.17, 15) is 0 Å². The van der Waals surface area contributed by atoms with Gasteiger partial charge >= 0.3 is 0 Å². The van der Waals surface area contributed by atoms with Crippen molar-refractivity contribution in [3.8, 4) is 11.4 Å². The zero-order chi connectivity index (χ0) is 18.2. The van der Waals surface area contributed by atoms with Crippen LogP contribution in [-0.4, -0.2) is 15.0 Å². The molecule has 0 spiro atoms. The van der Waals surface area contributed by atoms with Gasteiger partial charge in [-0.25, -0.2) is 4.98 Å². The van der Waals surface area contributed by atoms with Gasteiger partial charge in [-0.1, -0.05) is 18.2 Å². The molecule has 0 radical (unpaired) electrons. The number of rotatable bonds is 3. The van der Waals surface area contributed by atoms with Gasteiger partial charge in [-0.15, -0.1) is 0 Å². The Morgan fingerprint density at radius 3 is 2.59 bits per heavy atom. The smallest absolute Gasteiger partial charge is 0.138 e. The minimum atomic E-state index is 0.724. The van der Waals surface area contributed by atoms with E-state index >= 15 is 0 Å². The summed E-state index contributed by atoms with van der Waals surface area (Å²) in [6.45, 7) is 0. The maximum Gasteiger partial charge on any atom is 0.138 e. The number of nitrogens with two attached hydrogens (primary N) is 1. The first-order valence-electron chi connectivity index (χ1n) is 8.73. The fourth-order valence-corrected chi connectivity index (χ4v) is 3.24. The number of benzene rings is 3. The number of anilines is 3. The molecule has 0 aliphatic heterocycles. The first-order valence-corrected chi connectivity index (χ1v) is 8.73. The van der Waals surface area contributed by atoms with Crippen LogP contribution in [0.25, 0.3) is 33.3 Å². The van der Waals surface area contributed by atoms with Gasteiger partial charge in [-0.3, -0.25) is 4.98 Å². The quantitative estimate of drug-likeness (QED) is 0.395. The largest absolute Gasteiger partial charge is 0.399 e. The van der Waals surface area contributed by atoms with E-state index in [0.717, 1.165) is 50.4 Å². The molecule has 0 aliphatic carbocycles. The highest BCUT2D eigenvalue weighted by molar-refractivity contribution is 5.92. The number of nitrogen functional groups attached to an aromatic ring is 1. The molecule has 0 fully saturated rings. The van der Waals surface area contributed by atoms with E-state index in [1.54, 1.807) is 0 Å². The molecule has 27 heavy (non-hydrogen) atoms. The maximum atomic E-state index is 5.84. The molecular formula is C22H17N5. The van der Waals surface area contributed by atoms with Gasteiger partial charge in [0.05, 0.1) is 16.6 Å². The number of para-hydroxylation sites is 1. The molecule has 5 rings (SSSR count). The SMILES string of the molecule is Nc1ccc2nc(-c3ccc(Nc4ccnc5ccccc45)cc3)[nH]c2c1. The van der Waals surface area contributed by atoms with E-state index in [1.807, 2.05) is 72.9 Å². The Morgan fingerprint density at radius 1 is 0.852 bits per heavy atom. The number of imidazole rings is 1. The summed E-state index contributed by atoms with van der Waals surface area (Å²) in [6, 6.07) is 24.0. The highest BCUT2D eigenvalue weighted by Crippen LogP contribution is 2.27. The molecule has 2 aromatic heterocycles. The maximum absolute atomic E-state index is 5.84. The summed E-state index contributed by atoms with van der Waals surface area (Å²) in [7, 11) is 0. The topological polar surface area (TPSA) is 79.6 Å². The summed E-state index contributed by atoms with van der Waals surface area (Å²) in [5.41, 5.74) is 12.5. The lowest BCUT2D eigenvalue weighted by Crippen LogP contribution is -1.92. The molecule has 0 unspecified atom stereocenters. The first kappa shape index (κ1) is 15.4. The zero-order valence-electron chi connectivity index (χ0n) is 14.5. The van der Waals surface area contributed by atoms with Crippen molar-refractivity contribution in [1.29, 1.82) is 0 Å². The van der Waals surface area contributed by atoms with Gasteiger partial charge < -0.3 is 16.0 Å². The third-order valence-corrected chi connectivity index (χ3v) is 4.59. The second kappa shape index (κ2) is 6.14.